The molecule has 0 unspecified atom stereocenters. The van der Waals surface area contributed by atoms with E-state index in [9.17, 15) is 13.6 Å². The molecule has 0 rings (SSSR count). The maximum Gasteiger partial charge on any atom is 0.374 e. The van der Waals surface area contributed by atoms with Crippen LogP contribution in [0.5, 0.6) is 0 Å². The number of hydrogen-bond acceptors (Lipinski definition) is 2. The Morgan fingerprint density at radius 3 is 1.82 bits per heavy atom. The first-order valence-corrected chi connectivity index (χ1v) is 2.84. The highest BCUT2D eigenvalue weighted by atomic mass is 35.5. The van der Waals surface area contributed by atoms with Gasteiger partial charge < -0.3 is 4.74 Å². The monoisotopic (exact) mass is 188 g/mol. The van der Waals surface area contributed by atoms with Crippen molar-refractivity contribution in [1.82, 2.24) is 0 Å². The second-order valence-corrected chi connectivity index (χ2v) is 2.83. The molecule has 0 aliphatic heterocycles. The van der Waals surface area contributed by atoms with Gasteiger partial charge in [-0.1, -0.05) is 0 Å². The molecule has 0 spiro atoms. The second-order valence-electron chi connectivity index (χ2n) is 2.83. The first-order chi connectivity index (χ1) is 4.33. The molecule has 0 bridgehead atoms. The van der Waals surface area contributed by atoms with Crippen molar-refractivity contribution in [3.63, 3.8) is 0 Å². The highest BCUT2D eigenvalue weighted by molar-refractivity contribution is 5.85. The molecule has 0 heterocycles. The van der Waals surface area contributed by atoms with Crippen LogP contribution in [0.3, 0.4) is 0 Å². The summed E-state index contributed by atoms with van der Waals surface area (Å²) in [6.45, 7) is 4.61. The minimum atomic E-state index is -3.03. The van der Waals surface area contributed by atoms with Gasteiger partial charge in [-0.3, -0.25) is 0 Å². The van der Waals surface area contributed by atoms with Crippen LogP contribution < -0.4 is 0 Å². The van der Waals surface area contributed by atoms with Crippen molar-refractivity contribution in [2.75, 3.05) is 0 Å². The van der Waals surface area contributed by atoms with Crippen LogP contribution in [0, 0.1) is 0 Å². The van der Waals surface area contributed by atoms with Crippen molar-refractivity contribution in [1.29, 1.82) is 0 Å². The summed E-state index contributed by atoms with van der Waals surface area (Å²) in [5.74, 6) is -1.47. The molecular weight excluding hydrogens is 178 g/mol. The summed E-state index contributed by atoms with van der Waals surface area (Å²) in [5.41, 5.74) is -0.826. The van der Waals surface area contributed by atoms with Crippen LogP contribution in [0.25, 0.3) is 0 Å². The van der Waals surface area contributed by atoms with Crippen molar-refractivity contribution >= 4 is 18.4 Å². The third-order valence-corrected chi connectivity index (χ3v) is 0.585. The molecule has 0 aromatic heterocycles. The first kappa shape index (κ1) is 13.2. The van der Waals surface area contributed by atoms with Gasteiger partial charge >= 0.3 is 12.4 Å². The topological polar surface area (TPSA) is 26.3 Å². The summed E-state index contributed by atoms with van der Waals surface area (Å²) < 4.78 is 27.3. The lowest BCUT2D eigenvalue weighted by Crippen LogP contribution is -2.27. The lowest BCUT2D eigenvalue weighted by Gasteiger charge is -2.18. The Balaban J connectivity index is 0. The van der Waals surface area contributed by atoms with Gasteiger partial charge in [0.15, 0.2) is 0 Å². The first-order valence-electron chi connectivity index (χ1n) is 2.84. The van der Waals surface area contributed by atoms with Gasteiger partial charge in [0.05, 0.1) is 0 Å². The Morgan fingerprint density at radius 1 is 1.36 bits per heavy atom. The van der Waals surface area contributed by atoms with Crippen LogP contribution in [0.15, 0.2) is 0 Å². The lowest BCUT2D eigenvalue weighted by molar-refractivity contribution is -0.167. The second kappa shape index (κ2) is 4.49. The van der Waals surface area contributed by atoms with Gasteiger partial charge in [-0.2, -0.15) is 8.78 Å². The van der Waals surface area contributed by atoms with Gasteiger partial charge in [-0.05, 0) is 20.8 Å². The smallest absolute Gasteiger partial charge is 0.374 e. The number of alkyl halides is 2. The summed E-state index contributed by atoms with van der Waals surface area (Å²) in [6, 6.07) is 0. The van der Waals surface area contributed by atoms with Crippen LogP contribution in [0.1, 0.15) is 20.8 Å². The quantitative estimate of drug-likeness (QED) is 0.589. The molecule has 0 aliphatic rings. The molecule has 2 nitrogen and oxygen atoms in total. The van der Waals surface area contributed by atoms with Crippen molar-refractivity contribution in [2.24, 2.45) is 0 Å². The lowest BCUT2D eigenvalue weighted by atomic mass is 10.2. The number of rotatable bonds is 1. The van der Waals surface area contributed by atoms with E-state index in [0.29, 0.717) is 0 Å². The molecule has 0 amide bonds. The van der Waals surface area contributed by atoms with E-state index >= 15 is 0 Å². The fraction of sp³-hybridized carbons (Fsp3) is 0.833. The number of ether oxygens (including phenoxy) is 1. The van der Waals surface area contributed by atoms with E-state index in [-0.39, 0.29) is 12.4 Å². The summed E-state index contributed by atoms with van der Waals surface area (Å²) in [7, 11) is 0. The van der Waals surface area contributed by atoms with Gasteiger partial charge in [-0.25, -0.2) is 4.79 Å². The standard InChI is InChI=1S/C6H10F2O2.ClH/c1-6(2,3)10-5(9)4(7)8;/h4H,1-3H3;1H. The van der Waals surface area contributed by atoms with Gasteiger partial charge in [0.1, 0.15) is 5.60 Å². The average molecular weight is 189 g/mol. The molecule has 0 fully saturated rings. The zero-order valence-corrected chi connectivity index (χ0v) is 7.37. The summed E-state index contributed by atoms with van der Waals surface area (Å²) >= 11 is 0. The SMILES string of the molecule is CC(C)(C)OC(=O)C(F)F.Cl. The third-order valence-electron chi connectivity index (χ3n) is 0.585. The van der Waals surface area contributed by atoms with E-state index in [1.165, 1.54) is 20.8 Å². The zero-order valence-electron chi connectivity index (χ0n) is 6.56. The van der Waals surface area contributed by atoms with Crippen molar-refractivity contribution < 1.29 is 18.3 Å². The largest absolute Gasteiger partial charge is 0.456 e. The van der Waals surface area contributed by atoms with Gasteiger partial charge in [0, 0.05) is 0 Å². The molecule has 0 atom stereocenters. The van der Waals surface area contributed by atoms with E-state index in [0.717, 1.165) is 0 Å². The molecular formula is C6H11ClF2O2. The molecule has 0 saturated heterocycles. The van der Waals surface area contributed by atoms with Crippen molar-refractivity contribution in [2.45, 2.75) is 32.8 Å². The molecule has 11 heavy (non-hydrogen) atoms. The highest BCUT2D eigenvalue weighted by Crippen LogP contribution is 2.09. The van der Waals surface area contributed by atoms with Crippen LogP contribution in [-0.4, -0.2) is 18.0 Å². The fourth-order valence-corrected chi connectivity index (χ4v) is 0.346. The maximum atomic E-state index is 11.5. The predicted octanol–water partition coefficient (Wildman–Crippen LogP) is 2.02. The Kier molecular flexibility index (Phi) is 5.40. The van der Waals surface area contributed by atoms with Crippen molar-refractivity contribution in [3.05, 3.63) is 0 Å². The van der Waals surface area contributed by atoms with Crippen LogP contribution in [-0.2, 0) is 9.53 Å². The molecule has 68 valence electrons. The maximum absolute atomic E-state index is 11.5. The van der Waals surface area contributed by atoms with Crippen LogP contribution in [0.2, 0.25) is 0 Å². The van der Waals surface area contributed by atoms with Crippen LogP contribution in [0.4, 0.5) is 8.78 Å². The van der Waals surface area contributed by atoms with E-state index in [1.54, 1.807) is 0 Å². The summed E-state index contributed by atoms with van der Waals surface area (Å²) in [6.07, 6.45) is -3.03. The summed E-state index contributed by atoms with van der Waals surface area (Å²) in [4.78, 5) is 10.2. The van der Waals surface area contributed by atoms with E-state index < -0.39 is 18.0 Å². The van der Waals surface area contributed by atoms with Crippen molar-refractivity contribution in [3.8, 4) is 0 Å². The molecule has 0 saturated carbocycles. The number of esters is 1. The molecule has 0 aromatic carbocycles. The van der Waals surface area contributed by atoms with E-state index in [2.05, 4.69) is 4.74 Å². The Labute approximate surface area is 70.3 Å². The molecule has 0 N–H and O–H groups in total. The number of carbonyl (C=O) groups excluding carboxylic acids is 1. The normalized spacial score (nSPS) is 10.7. The number of hydrogen-bond donors (Lipinski definition) is 0. The molecule has 0 aromatic rings. The third kappa shape index (κ3) is 7.52. The molecule has 5 heteroatoms. The Morgan fingerprint density at radius 2 is 1.73 bits per heavy atom. The van der Waals surface area contributed by atoms with Gasteiger partial charge in [0.25, 0.3) is 0 Å². The highest BCUT2D eigenvalue weighted by Gasteiger charge is 2.23. The van der Waals surface area contributed by atoms with E-state index in [4.69, 9.17) is 0 Å². The summed E-state index contributed by atoms with van der Waals surface area (Å²) in [5, 5.41) is 0. The van der Waals surface area contributed by atoms with E-state index in [1.807, 2.05) is 0 Å². The van der Waals surface area contributed by atoms with Gasteiger partial charge in [-0.15, -0.1) is 12.4 Å². The molecule has 0 radical (unpaired) electrons. The molecule has 0 aliphatic carbocycles. The Hall–Kier alpha value is -0.380. The number of halogens is 3. The minimum Gasteiger partial charge on any atom is -0.456 e. The predicted molar refractivity (Wildman–Crippen MR) is 39.1 cm³/mol. The van der Waals surface area contributed by atoms with Gasteiger partial charge in [0.2, 0.25) is 0 Å². The fourth-order valence-electron chi connectivity index (χ4n) is 0.346. The number of carbonyl (C=O) groups is 1. The zero-order chi connectivity index (χ0) is 8.36. The average Bonchev–Trinajstić information content (AvgIpc) is 1.60. The Bertz CT molecular complexity index is 131. The minimum absolute atomic E-state index is 0. The van der Waals surface area contributed by atoms with Crippen LogP contribution >= 0.6 is 12.4 Å².